The Hall–Kier alpha value is -3.45. The summed E-state index contributed by atoms with van der Waals surface area (Å²) < 4.78 is 66.7. The summed E-state index contributed by atoms with van der Waals surface area (Å²) in [6.45, 7) is 0. The van der Waals surface area contributed by atoms with Gasteiger partial charge in [-0.15, -0.1) is 0 Å². The van der Waals surface area contributed by atoms with Crippen LogP contribution in [0.4, 0.5) is 24.7 Å². The molecule has 192 valence electrons. The molecule has 1 aromatic heterocycles. The first-order valence-corrected chi connectivity index (χ1v) is 12.7. The number of nitrogens with two attached hydrogens (primary N) is 2. The van der Waals surface area contributed by atoms with E-state index in [1.165, 1.54) is 35.0 Å². The van der Waals surface area contributed by atoms with Crippen molar-refractivity contribution in [2.45, 2.75) is 48.0 Å². The average Bonchev–Trinajstić information content (AvgIpc) is 3.24. The maximum absolute atomic E-state index is 13.1. The minimum absolute atomic E-state index is 0.0865. The molecule has 0 radical (unpaired) electrons. The van der Waals surface area contributed by atoms with Crippen LogP contribution >= 0.6 is 0 Å². The number of para-hydroxylation sites is 1. The van der Waals surface area contributed by atoms with E-state index in [1.54, 1.807) is 6.07 Å². The zero-order valence-corrected chi connectivity index (χ0v) is 19.7. The molecule has 4 N–H and O–H groups in total. The minimum atomic E-state index is -4.50. The Morgan fingerprint density at radius 3 is 2.36 bits per heavy atom. The second-order valence-corrected chi connectivity index (χ2v) is 10.9. The summed E-state index contributed by atoms with van der Waals surface area (Å²) in [4.78, 5) is 10.1. The molecular formula is C23H24F3N5O4S. The molecule has 1 atom stereocenters. The van der Waals surface area contributed by atoms with E-state index in [0.29, 0.717) is 31.4 Å². The van der Waals surface area contributed by atoms with E-state index in [0.717, 1.165) is 18.2 Å². The zero-order valence-electron chi connectivity index (χ0n) is 18.9. The van der Waals surface area contributed by atoms with Crippen molar-refractivity contribution in [1.82, 2.24) is 9.78 Å². The molecule has 0 aliphatic heterocycles. The Labute approximate surface area is 205 Å². The van der Waals surface area contributed by atoms with E-state index in [4.69, 9.17) is 11.5 Å². The van der Waals surface area contributed by atoms with Gasteiger partial charge >= 0.3 is 6.18 Å². The largest absolute Gasteiger partial charge is 0.416 e. The number of hydrogen-bond donors (Lipinski definition) is 2. The third-order valence-electron chi connectivity index (χ3n) is 6.56. The van der Waals surface area contributed by atoms with Gasteiger partial charge in [0.1, 0.15) is 16.1 Å². The molecule has 1 unspecified atom stereocenters. The van der Waals surface area contributed by atoms with E-state index in [9.17, 15) is 31.7 Å². The molecule has 1 heterocycles. The fourth-order valence-electron chi connectivity index (χ4n) is 4.63. The number of aromatic nitrogens is 2. The monoisotopic (exact) mass is 523 g/mol. The van der Waals surface area contributed by atoms with E-state index in [-0.39, 0.29) is 17.4 Å². The molecule has 4 rings (SSSR count). The SMILES string of the molecule is Nc1cc(C2CCC(C(N)S(=O)(=O)c3ccccc3[N+](=O)[O-])CC2)nn1-c1cccc(C(F)(F)F)c1. The van der Waals surface area contributed by atoms with Crippen LogP contribution in [0.5, 0.6) is 0 Å². The third-order valence-corrected chi connectivity index (χ3v) is 8.62. The van der Waals surface area contributed by atoms with Crippen molar-refractivity contribution in [3.05, 3.63) is 76.0 Å². The van der Waals surface area contributed by atoms with Crippen LogP contribution in [0.2, 0.25) is 0 Å². The quantitative estimate of drug-likeness (QED) is 0.359. The van der Waals surface area contributed by atoms with Gasteiger partial charge in [0.2, 0.25) is 9.84 Å². The molecule has 0 saturated heterocycles. The number of nitrogen functional groups attached to an aromatic ring is 1. The summed E-state index contributed by atoms with van der Waals surface area (Å²) in [5.41, 5.74) is 11.6. The van der Waals surface area contributed by atoms with Crippen LogP contribution in [0.1, 0.15) is 42.9 Å². The van der Waals surface area contributed by atoms with Crippen molar-refractivity contribution in [3.8, 4) is 5.69 Å². The van der Waals surface area contributed by atoms with Crippen LogP contribution in [0, 0.1) is 16.0 Å². The highest BCUT2D eigenvalue weighted by Crippen LogP contribution is 2.40. The first-order valence-electron chi connectivity index (χ1n) is 11.2. The number of nitrogens with zero attached hydrogens (tertiary/aromatic N) is 3. The molecule has 1 saturated carbocycles. The molecule has 1 aliphatic carbocycles. The van der Waals surface area contributed by atoms with Crippen molar-refractivity contribution in [2.75, 3.05) is 5.73 Å². The number of nitro groups is 1. The number of benzene rings is 2. The minimum Gasteiger partial charge on any atom is -0.384 e. The van der Waals surface area contributed by atoms with Gasteiger partial charge in [0.05, 0.1) is 21.9 Å². The van der Waals surface area contributed by atoms with Gasteiger partial charge in [-0.2, -0.15) is 18.3 Å². The third kappa shape index (κ3) is 4.93. The zero-order chi connectivity index (χ0) is 26.3. The molecule has 1 aliphatic rings. The lowest BCUT2D eigenvalue weighted by Gasteiger charge is -2.31. The van der Waals surface area contributed by atoms with Crippen LogP contribution in [-0.4, -0.2) is 28.5 Å². The summed E-state index contributed by atoms with van der Waals surface area (Å²) >= 11 is 0. The maximum Gasteiger partial charge on any atom is 0.416 e. The van der Waals surface area contributed by atoms with Gasteiger partial charge in [0, 0.05) is 18.1 Å². The number of nitro benzene ring substituents is 1. The average molecular weight is 524 g/mol. The summed E-state index contributed by atoms with van der Waals surface area (Å²) in [7, 11) is -4.15. The summed E-state index contributed by atoms with van der Waals surface area (Å²) in [6.07, 6.45) is -2.57. The fraction of sp³-hybridized carbons (Fsp3) is 0.348. The standard InChI is InChI=1S/C23H24F3N5O4S/c24-23(25,26)16-4-3-5-17(12-16)30-21(27)13-18(29-30)14-8-10-15(11-9-14)22(28)36(34,35)20-7-2-1-6-19(20)31(32)33/h1-7,12-15,22H,8-11,27-28H2. The fourth-order valence-corrected chi connectivity index (χ4v) is 6.40. The Balaban J connectivity index is 1.49. The normalized spacial score (nSPS) is 19.7. The van der Waals surface area contributed by atoms with Crippen molar-refractivity contribution in [1.29, 1.82) is 0 Å². The van der Waals surface area contributed by atoms with Gasteiger partial charge in [-0.05, 0) is 55.9 Å². The molecule has 9 nitrogen and oxygen atoms in total. The van der Waals surface area contributed by atoms with Crippen molar-refractivity contribution >= 4 is 21.3 Å². The van der Waals surface area contributed by atoms with Crippen molar-refractivity contribution < 1.29 is 26.5 Å². The number of halogens is 3. The number of alkyl halides is 3. The van der Waals surface area contributed by atoms with Gasteiger partial charge in [-0.25, -0.2) is 13.1 Å². The topological polar surface area (TPSA) is 147 Å². The highest BCUT2D eigenvalue weighted by atomic mass is 32.2. The first kappa shape index (κ1) is 25.6. The number of hydrogen-bond acceptors (Lipinski definition) is 7. The van der Waals surface area contributed by atoms with Gasteiger partial charge in [0.15, 0.2) is 0 Å². The number of sulfone groups is 1. The number of rotatable bonds is 6. The van der Waals surface area contributed by atoms with Gasteiger partial charge in [-0.1, -0.05) is 18.2 Å². The molecule has 13 heteroatoms. The number of anilines is 1. The summed E-state index contributed by atoms with van der Waals surface area (Å²) in [6, 6.07) is 11.4. The van der Waals surface area contributed by atoms with E-state index in [1.807, 2.05) is 0 Å². The highest BCUT2D eigenvalue weighted by molar-refractivity contribution is 7.92. The van der Waals surface area contributed by atoms with Crippen LogP contribution in [-0.2, 0) is 16.0 Å². The molecular weight excluding hydrogens is 499 g/mol. The Bertz CT molecular complexity index is 1380. The lowest BCUT2D eigenvalue weighted by Crippen LogP contribution is -2.40. The smallest absolute Gasteiger partial charge is 0.384 e. The van der Waals surface area contributed by atoms with Crippen LogP contribution in [0.3, 0.4) is 0 Å². The molecule has 36 heavy (non-hydrogen) atoms. The second kappa shape index (κ2) is 9.54. The first-order chi connectivity index (χ1) is 16.9. The van der Waals surface area contributed by atoms with Gasteiger partial charge in [0.25, 0.3) is 5.69 Å². The molecule has 1 fully saturated rings. The van der Waals surface area contributed by atoms with Gasteiger partial charge in [-0.3, -0.25) is 10.1 Å². The Morgan fingerprint density at radius 2 is 1.72 bits per heavy atom. The molecule has 0 bridgehead atoms. The van der Waals surface area contributed by atoms with E-state index in [2.05, 4.69) is 5.10 Å². The second-order valence-electron chi connectivity index (χ2n) is 8.80. The molecule has 3 aromatic rings. The van der Waals surface area contributed by atoms with Crippen molar-refractivity contribution in [3.63, 3.8) is 0 Å². The van der Waals surface area contributed by atoms with Crippen LogP contribution in [0.25, 0.3) is 5.69 Å². The predicted molar refractivity (Wildman–Crippen MR) is 126 cm³/mol. The molecule has 2 aromatic carbocycles. The predicted octanol–water partition coefficient (Wildman–Crippen LogP) is 4.41. The van der Waals surface area contributed by atoms with E-state index < -0.39 is 48.4 Å². The van der Waals surface area contributed by atoms with Gasteiger partial charge < -0.3 is 11.5 Å². The van der Waals surface area contributed by atoms with Crippen molar-refractivity contribution in [2.24, 2.45) is 11.7 Å². The summed E-state index contributed by atoms with van der Waals surface area (Å²) in [5, 5.41) is 14.4. The molecule has 0 spiro atoms. The maximum atomic E-state index is 13.1. The van der Waals surface area contributed by atoms with Crippen LogP contribution < -0.4 is 11.5 Å². The van der Waals surface area contributed by atoms with Crippen LogP contribution in [0.15, 0.2) is 59.5 Å². The lowest BCUT2D eigenvalue weighted by molar-refractivity contribution is -0.387. The Kier molecular flexibility index (Phi) is 6.80. The lowest BCUT2D eigenvalue weighted by atomic mass is 9.80. The van der Waals surface area contributed by atoms with E-state index >= 15 is 0 Å². The Morgan fingerprint density at radius 1 is 1.06 bits per heavy atom. The highest BCUT2D eigenvalue weighted by Gasteiger charge is 2.38. The molecule has 0 amide bonds. The summed E-state index contributed by atoms with van der Waals surface area (Å²) in [5.74, 6) is -0.326.